The lowest BCUT2D eigenvalue weighted by Crippen LogP contribution is -2.41. The highest BCUT2D eigenvalue weighted by molar-refractivity contribution is 7.80. The average Bonchev–Trinajstić information content (AvgIpc) is 2.24. The van der Waals surface area contributed by atoms with Gasteiger partial charge in [-0.3, -0.25) is 0 Å². The lowest BCUT2D eigenvalue weighted by molar-refractivity contribution is -0.0342. The smallest absolute Gasteiger partial charge is 0.0922 e. The topological polar surface area (TPSA) is 20.2 Å². The minimum Gasteiger partial charge on any atom is -0.385 e. The molecule has 0 bridgehead atoms. The van der Waals surface area contributed by atoms with Crippen molar-refractivity contribution in [3.05, 3.63) is 29.3 Å². The molecule has 0 spiro atoms. The van der Waals surface area contributed by atoms with E-state index in [1.165, 1.54) is 5.56 Å². The lowest BCUT2D eigenvalue weighted by Gasteiger charge is -2.44. The molecule has 1 aliphatic carbocycles. The third-order valence-corrected chi connectivity index (χ3v) is 4.56. The molecule has 2 rings (SSSR count). The zero-order chi connectivity index (χ0) is 12.8. The monoisotopic (exact) mass is 250 g/mol. The third kappa shape index (κ3) is 2.02. The van der Waals surface area contributed by atoms with Gasteiger partial charge in [0.15, 0.2) is 0 Å². The molecule has 0 aliphatic heterocycles. The van der Waals surface area contributed by atoms with E-state index in [9.17, 15) is 5.11 Å². The molecular formula is C15H22OS. The molecule has 0 radical (unpaired) electrons. The van der Waals surface area contributed by atoms with E-state index in [1.54, 1.807) is 0 Å². The van der Waals surface area contributed by atoms with E-state index >= 15 is 0 Å². The van der Waals surface area contributed by atoms with E-state index in [2.05, 4.69) is 52.5 Å². The number of benzene rings is 1. The summed E-state index contributed by atoms with van der Waals surface area (Å²) in [4.78, 5) is 0.977. The first-order chi connectivity index (χ1) is 7.77. The Hall–Kier alpha value is -0.470. The summed E-state index contributed by atoms with van der Waals surface area (Å²) in [6, 6.07) is 6.15. The number of fused-ring (bicyclic) bond motifs is 1. The minimum absolute atomic E-state index is 0.134. The molecule has 1 nitrogen and oxygen atoms in total. The standard InChI is InChI=1S/C15H22OS/c1-10(2)15(16)8-7-14(3,4)13-9-11(17)5-6-12(13)15/h5-6,9-10,16-17H,7-8H2,1-4H3. The molecule has 0 saturated carbocycles. The molecule has 1 N–H and O–H groups in total. The summed E-state index contributed by atoms with van der Waals surface area (Å²) < 4.78 is 0. The first kappa shape index (κ1) is 13.0. The van der Waals surface area contributed by atoms with E-state index < -0.39 is 5.60 Å². The molecule has 17 heavy (non-hydrogen) atoms. The van der Waals surface area contributed by atoms with Gasteiger partial charge in [-0.2, -0.15) is 0 Å². The summed E-state index contributed by atoms with van der Waals surface area (Å²) in [6.07, 6.45) is 1.86. The molecule has 2 heteroatoms. The second kappa shape index (κ2) is 4.03. The summed E-state index contributed by atoms with van der Waals surface area (Å²) in [5.74, 6) is 0.239. The van der Waals surface area contributed by atoms with E-state index in [0.29, 0.717) is 0 Å². The highest BCUT2D eigenvalue weighted by Crippen LogP contribution is 2.48. The normalized spacial score (nSPS) is 27.0. The quantitative estimate of drug-likeness (QED) is 0.725. The molecule has 0 aromatic heterocycles. The van der Waals surface area contributed by atoms with Crippen LogP contribution in [-0.2, 0) is 11.0 Å². The highest BCUT2D eigenvalue weighted by Gasteiger charge is 2.43. The molecule has 1 aliphatic rings. The molecule has 0 fully saturated rings. The van der Waals surface area contributed by atoms with Gasteiger partial charge in [-0.05, 0) is 47.4 Å². The second-order valence-electron chi connectivity index (χ2n) is 6.19. The van der Waals surface area contributed by atoms with Gasteiger partial charge in [0.25, 0.3) is 0 Å². The Labute approximate surface area is 110 Å². The van der Waals surface area contributed by atoms with Crippen molar-refractivity contribution < 1.29 is 5.11 Å². The van der Waals surface area contributed by atoms with Crippen molar-refractivity contribution in [2.75, 3.05) is 0 Å². The van der Waals surface area contributed by atoms with Crippen LogP contribution in [0.15, 0.2) is 23.1 Å². The second-order valence-corrected chi connectivity index (χ2v) is 6.71. The van der Waals surface area contributed by atoms with Crippen molar-refractivity contribution >= 4 is 12.6 Å². The highest BCUT2D eigenvalue weighted by atomic mass is 32.1. The van der Waals surface area contributed by atoms with Gasteiger partial charge >= 0.3 is 0 Å². The molecule has 0 saturated heterocycles. The van der Waals surface area contributed by atoms with Crippen molar-refractivity contribution in [1.29, 1.82) is 0 Å². The third-order valence-electron chi connectivity index (χ3n) is 4.28. The van der Waals surface area contributed by atoms with Crippen molar-refractivity contribution in [1.82, 2.24) is 0 Å². The van der Waals surface area contributed by atoms with Gasteiger partial charge in [0.2, 0.25) is 0 Å². The summed E-state index contributed by atoms with van der Waals surface area (Å²) in [6.45, 7) is 8.69. The molecule has 0 heterocycles. The van der Waals surface area contributed by atoms with Crippen LogP contribution >= 0.6 is 12.6 Å². The van der Waals surface area contributed by atoms with Gasteiger partial charge in [0, 0.05) is 4.90 Å². The Balaban J connectivity index is 2.64. The molecule has 1 aromatic carbocycles. The molecule has 1 unspecified atom stereocenters. The van der Waals surface area contributed by atoms with Gasteiger partial charge in [-0.15, -0.1) is 12.6 Å². The Morgan fingerprint density at radius 3 is 2.41 bits per heavy atom. The van der Waals surface area contributed by atoms with Crippen LogP contribution in [0.3, 0.4) is 0 Å². The number of aliphatic hydroxyl groups is 1. The largest absolute Gasteiger partial charge is 0.385 e. The summed E-state index contributed by atoms with van der Waals surface area (Å²) in [5, 5.41) is 10.9. The van der Waals surface area contributed by atoms with Gasteiger partial charge < -0.3 is 5.11 Å². The Morgan fingerprint density at radius 1 is 1.18 bits per heavy atom. The average molecular weight is 250 g/mol. The van der Waals surface area contributed by atoms with Crippen LogP contribution in [0.5, 0.6) is 0 Å². The molecule has 0 amide bonds. The fraction of sp³-hybridized carbons (Fsp3) is 0.600. The Kier molecular flexibility index (Phi) is 3.07. The summed E-state index contributed by atoms with van der Waals surface area (Å²) in [5.41, 5.74) is 1.82. The SMILES string of the molecule is CC(C)C1(O)CCC(C)(C)c2cc(S)ccc21. The number of hydrogen-bond acceptors (Lipinski definition) is 2. The van der Waals surface area contributed by atoms with Crippen LogP contribution < -0.4 is 0 Å². The van der Waals surface area contributed by atoms with Crippen molar-refractivity contribution in [2.24, 2.45) is 5.92 Å². The molecule has 1 aromatic rings. The van der Waals surface area contributed by atoms with Crippen molar-refractivity contribution in [3.63, 3.8) is 0 Å². The zero-order valence-electron chi connectivity index (χ0n) is 11.1. The molecule has 1 atom stereocenters. The number of rotatable bonds is 1. The van der Waals surface area contributed by atoms with E-state index in [0.717, 1.165) is 23.3 Å². The van der Waals surface area contributed by atoms with Crippen molar-refractivity contribution in [3.8, 4) is 0 Å². The van der Waals surface area contributed by atoms with E-state index in [1.807, 2.05) is 6.07 Å². The van der Waals surface area contributed by atoms with E-state index in [4.69, 9.17) is 0 Å². The first-order valence-corrected chi connectivity index (χ1v) is 6.78. The van der Waals surface area contributed by atoms with E-state index in [-0.39, 0.29) is 11.3 Å². The maximum absolute atomic E-state index is 10.9. The number of hydrogen-bond donors (Lipinski definition) is 2. The summed E-state index contributed by atoms with van der Waals surface area (Å²) in [7, 11) is 0. The van der Waals surface area contributed by atoms with Crippen molar-refractivity contribution in [2.45, 2.75) is 56.4 Å². The van der Waals surface area contributed by atoms with Crippen LogP contribution in [0.1, 0.15) is 51.7 Å². The Bertz CT molecular complexity index is 437. The van der Waals surface area contributed by atoms with Crippen LogP contribution in [0.2, 0.25) is 0 Å². The predicted octanol–water partition coefficient (Wildman–Crippen LogP) is 3.89. The first-order valence-electron chi connectivity index (χ1n) is 6.34. The van der Waals surface area contributed by atoms with Gasteiger partial charge in [0.1, 0.15) is 0 Å². The predicted molar refractivity (Wildman–Crippen MR) is 74.7 cm³/mol. The maximum Gasteiger partial charge on any atom is 0.0922 e. The van der Waals surface area contributed by atoms with Gasteiger partial charge in [0.05, 0.1) is 5.60 Å². The molecular weight excluding hydrogens is 228 g/mol. The fourth-order valence-corrected chi connectivity index (χ4v) is 3.05. The zero-order valence-corrected chi connectivity index (χ0v) is 12.0. The van der Waals surface area contributed by atoms with Crippen LogP contribution in [-0.4, -0.2) is 5.11 Å². The summed E-state index contributed by atoms with van der Waals surface area (Å²) >= 11 is 4.42. The van der Waals surface area contributed by atoms with Gasteiger partial charge in [-0.25, -0.2) is 0 Å². The van der Waals surface area contributed by atoms with Crippen LogP contribution in [0, 0.1) is 5.92 Å². The lowest BCUT2D eigenvalue weighted by atomic mass is 9.64. The van der Waals surface area contributed by atoms with Crippen LogP contribution in [0.25, 0.3) is 0 Å². The number of thiol groups is 1. The minimum atomic E-state index is -0.674. The maximum atomic E-state index is 10.9. The Morgan fingerprint density at radius 2 is 1.82 bits per heavy atom. The fourth-order valence-electron chi connectivity index (χ4n) is 2.84. The molecule has 94 valence electrons. The van der Waals surface area contributed by atoms with Gasteiger partial charge in [-0.1, -0.05) is 33.8 Å². The van der Waals surface area contributed by atoms with Crippen LogP contribution in [0.4, 0.5) is 0 Å².